The van der Waals surface area contributed by atoms with Crippen molar-refractivity contribution in [2.45, 2.75) is 37.3 Å². The second-order valence-corrected chi connectivity index (χ2v) is 9.41. The van der Waals surface area contributed by atoms with E-state index in [9.17, 15) is 4.79 Å². The third-order valence-corrected chi connectivity index (χ3v) is 7.92. The molecule has 0 unspecified atom stereocenters. The van der Waals surface area contributed by atoms with Gasteiger partial charge in [-0.1, -0.05) is 12.1 Å². The number of hydrogen-bond donors (Lipinski definition) is 0. The van der Waals surface area contributed by atoms with E-state index in [0.717, 1.165) is 22.9 Å². The fourth-order valence-electron chi connectivity index (χ4n) is 5.81. The molecule has 0 aliphatic carbocycles. The van der Waals surface area contributed by atoms with Crippen LogP contribution in [0.2, 0.25) is 0 Å². The maximum Gasteiger partial charge on any atom is 0.231 e. The zero-order chi connectivity index (χ0) is 18.7. The summed E-state index contributed by atoms with van der Waals surface area (Å²) in [5.74, 6) is 2.94. The van der Waals surface area contributed by atoms with E-state index in [-0.39, 0.29) is 5.91 Å². The molecule has 1 amide bonds. The molecule has 4 saturated heterocycles. The number of amides is 1. The smallest absolute Gasteiger partial charge is 0.231 e. The Morgan fingerprint density at radius 1 is 1.11 bits per heavy atom. The normalized spacial score (nSPS) is 32.6. The fraction of sp³-hybridized carbons (Fsp3) is 0.500. The number of benzene rings is 1. The predicted molar refractivity (Wildman–Crippen MR) is 107 cm³/mol. The summed E-state index contributed by atoms with van der Waals surface area (Å²) in [5, 5.41) is 2.05. The minimum absolute atomic E-state index is 0.287. The number of nitrogens with zero attached hydrogens (tertiary/aromatic N) is 2. The molecule has 3 atom stereocenters. The van der Waals surface area contributed by atoms with Crippen LogP contribution in [0.4, 0.5) is 0 Å². The number of carbonyl (C=O) groups excluding carboxylic acids is 1. The molecule has 5 nitrogen and oxygen atoms in total. The highest BCUT2D eigenvalue weighted by Crippen LogP contribution is 2.48. The van der Waals surface area contributed by atoms with Gasteiger partial charge in [0.2, 0.25) is 12.7 Å². The monoisotopic (exact) mass is 396 g/mol. The quantitative estimate of drug-likeness (QED) is 0.800. The van der Waals surface area contributed by atoms with Crippen molar-refractivity contribution in [1.82, 2.24) is 9.80 Å². The first kappa shape index (κ1) is 16.9. The minimum Gasteiger partial charge on any atom is -0.454 e. The van der Waals surface area contributed by atoms with Crippen LogP contribution in [0, 0.1) is 5.92 Å². The van der Waals surface area contributed by atoms with Gasteiger partial charge in [-0.05, 0) is 61.0 Å². The van der Waals surface area contributed by atoms with Crippen LogP contribution in [0.25, 0.3) is 0 Å². The Morgan fingerprint density at radius 3 is 2.79 bits per heavy atom. The number of piperidine rings is 3. The maximum absolute atomic E-state index is 13.3. The molecule has 2 bridgehead atoms. The van der Waals surface area contributed by atoms with Crippen molar-refractivity contribution in [3.05, 3.63) is 46.2 Å². The van der Waals surface area contributed by atoms with E-state index in [1.807, 2.05) is 12.1 Å². The molecule has 0 saturated carbocycles. The van der Waals surface area contributed by atoms with Crippen LogP contribution >= 0.6 is 11.3 Å². The number of likely N-dealkylation sites (tertiary alicyclic amines) is 1. The van der Waals surface area contributed by atoms with Crippen LogP contribution < -0.4 is 9.47 Å². The average Bonchev–Trinajstić information content (AvgIpc) is 3.47. The van der Waals surface area contributed by atoms with Crippen LogP contribution in [-0.2, 0) is 11.2 Å². The van der Waals surface area contributed by atoms with Crippen LogP contribution in [0.3, 0.4) is 0 Å². The van der Waals surface area contributed by atoms with Crippen molar-refractivity contribution >= 4 is 17.2 Å². The number of rotatable bonds is 3. The molecule has 6 heteroatoms. The SMILES string of the molecule is O=C(Cc1cccs1)N1C[C@H](c2ccc3c(c2)OCO3)[C@H]2[C@@H]1C1CCN2CC1. The zero-order valence-electron chi connectivity index (χ0n) is 15.8. The summed E-state index contributed by atoms with van der Waals surface area (Å²) in [6, 6.07) is 11.2. The molecule has 2 aromatic rings. The van der Waals surface area contributed by atoms with Crippen LogP contribution in [0.15, 0.2) is 35.7 Å². The van der Waals surface area contributed by atoms with Crippen molar-refractivity contribution < 1.29 is 14.3 Å². The highest BCUT2D eigenvalue weighted by molar-refractivity contribution is 7.10. The number of thiophene rings is 1. The van der Waals surface area contributed by atoms with Crippen molar-refractivity contribution in [3.8, 4) is 11.5 Å². The minimum atomic E-state index is 0.287. The molecule has 1 aromatic carbocycles. The molecule has 7 rings (SSSR count). The molecule has 0 spiro atoms. The van der Waals surface area contributed by atoms with Gasteiger partial charge in [0.1, 0.15) is 0 Å². The van der Waals surface area contributed by atoms with Gasteiger partial charge in [-0.2, -0.15) is 0 Å². The lowest BCUT2D eigenvalue weighted by molar-refractivity contribution is -0.135. The average molecular weight is 397 g/mol. The first-order valence-corrected chi connectivity index (χ1v) is 11.1. The van der Waals surface area contributed by atoms with E-state index < -0.39 is 0 Å². The van der Waals surface area contributed by atoms with Gasteiger partial charge in [0, 0.05) is 23.4 Å². The Balaban J connectivity index is 1.34. The van der Waals surface area contributed by atoms with Gasteiger partial charge >= 0.3 is 0 Å². The summed E-state index contributed by atoms with van der Waals surface area (Å²) in [5.41, 5.74) is 1.28. The molecule has 0 N–H and O–H groups in total. The Kier molecular flexibility index (Phi) is 3.91. The van der Waals surface area contributed by atoms with Crippen molar-refractivity contribution in [2.24, 2.45) is 5.92 Å². The first-order valence-electron chi connectivity index (χ1n) is 10.2. The highest BCUT2D eigenvalue weighted by Gasteiger charge is 2.54. The summed E-state index contributed by atoms with van der Waals surface area (Å²) in [6.45, 7) is 3.45. The summed E-state index contributed by atoms with van der Waals surface area (Å²) < 4.78 is 11.1. The van der Waals surface area contributed by atoms with Crippen LogP contribution in [-0.4, -0.2) is 54.2 Å². The molecule has 5 aliphatic heterocycles. The van der Waals surface area contributed by atoms with Crippen molar-refractivity contribution in [2.75, 3.05) is 26.4 Å². The van der Waals surface area contributed by atoms with Crippen molar-refractivity contribution in [1.29, 1.82) is 0 Å². The Morgan fingerprint density at radius 2 is 1.96 bits per heavy atom. The number of ether oxygens (including phenoxy) is 2. The Hall–Kier alpha value is -2.05. The largest absolute Gasteiger partial charge is 0.454 e. The number of fused-ring (bicyclic) bond motifs is 3. The fourth-order valence-corrected chi connectivity index (χ4v) is 6.50. The zero-order valence-corrected chi connectivity index (χ0v) is 16.6. The van der Waals surface area contributed by atoms with E-state index in [1.165, 1.54) is 31.5 Å². The van der Waals surface area contributed by atoms with Gasteiger partial charge in [0.25, 0.3) is 0 Å². The highest BCUT2D eigenvalue weighted by atomic mass is 32.1. The summed E-state index contributed by atoms with van der Waals surface area (Å²) >= 11 is 1.68. The topological polar surface area (TPSA) is 42.0 Å². The maximum atomic E-state index is 13.3. The van der Waals surface area contributed by atoms with Gasteiger partial charge in [-0.15, -0.1) is 11.3 Å². The number of carbonyl (C=O) groups is 1. The van der Waals surface area contributed by atoms with E-state index in [0.29, 0.717) is 37.1 Å². The molecule has 0 radical (unpaired) electrons. The van der Waals surface area contributed by atoms with Gasteiger partial charge in [0.05, 0.1) is 12.5 Å². The molecule has 5 aliphatic rings. The Bertz CT molecular complexity index is 891. The lowest BCUT2D eigenvalue weighted by Gasteiger charge is -2.51. The second kappa shape index (κ2) is 6.49. The standard InChI is InChI=1S/C22H24N2O3S/c25-20(11-16-2-1-9-28-16)24-12-17(15-3-4-18-19(10-15)27-13-26-18)22-21(24)14-5-7-23(22)8-6-14/h1-4,9-10,14,17,21-22H,5-8,11-13H2/t17-,21+,22+/m1/s1. The molecule has 4 fully saturated rings. The van der Waals surface area contributed by atoms with E-state index >= 15 is 0 Å². The molecule has 1 aromatic heterocycles. The first-order chi connectivity index (χ1) is 13.8. The molecule has 146 valence electrons. The van der Waals surface area contributed by atoms with E-state index in [1.54, 1.807) is 11.3 Å². The predicted octanol–water partition coefficient (Wildman–Crippen LogP) is 3.11. The summed E-state index contributed by atoms with van der Waals surface area (Å²) in [7, 11) is 0. The molecular weight excluding hydrogens is 372 g/mol. The van der Waals surface area contributed by atoms with Crippen molar-refractivity contribution in [3.63, 3.8) is 0 Å². The summed E-state index contributed by atoms with van der Waals surface area (Å²) in [4.78, 5) is 19.3. The van der Waals surface area contributed by atoms with E-state index in [2.05, 4.69) is 33.4 Å². The number of hydrogen-bond acceptors (Lipinski definition) is 5. The summed E-state index contributed by atoms with van der Waals surface area (Å²) in [6.07, 6.45) is 2.97. The van der Waals surface area contributed by atoms with Gasteiger partial charge in [-0.3, -0.25) is 9.69 Å². The molecule has 28 heavy (non-hydrogen) atoms. The second-order valence-electron chi connectivity index (χ2n) is 8.38. The molecule has 6 heterocycles. The lowest BCUT2D eigenvalue weighted by Crippen LogP contribution is -2.60. The van der Waals surface area contributed by atoms with Crippen LogP contribution in [0.1, 0.15) is 29.2 Å². The van der Waals surface area contributed by atoms with Gasteiger partial charge < -0.3 is 14.4 Å². The van der Waals surface area contributed by atoms with Gasteiger partial charge in [-0.25, -0.2) is 0 Å². The van der Waals surface area contributed by atoms with Gasteiger partial charge in [0.15, 0.2) is 11.5 Å². The van der Waals surface area contributed by atoms with Crippen LogP contribution in [0.5, 0.6) is 11.5 Å². The Labute approximate surface area is 168 Å². The lowest BCUT2D eigenvalue weighted by atomic mass is 9.75. The molecular formula is C22H24N2O3S. The third-order valence-electron chi connectivity index (χ3n) is 7.04. The third kappa shape index (κ3) is 2.58. The van der Waals surface area contributed by atoms with E-state index in [4.69, 9.17) is 9.47 Å².